The quantitative estimate of drug-likeness (QED) is 0.603. The smallest absolute Gasteiger partial charge is 0.242 e. The molecule has 1 aliphatic heterocycles. The van der Waals surface area contributed by atoms with Crippen LogP contribution in [0.3, 0.4) is 0 Å². The van der Waals surface area contributed by atoms with E-state index in [1.807, 2.05) is 0 Å². The van der Waals surface area contributed by atoms with Crippen LogP contribution in [-0.2, 0) is 14.3 Å². The highest BCUT2D eigenvalue weighted by atomic mass is 16.5. The van der Waals surface area contributed by atoms with Gasteiger partial charge in [-0.2, -0.15) is 0 Å². The van der Waals surface area contributed by atoms with Gasteiger partial charge in [-0.05, 0) is 20.8 Å². The zero-order valence-electron chi connectivity index (χ0n) is 9.19. The minimum absolute atomic E-state index is 0.126. The summed E-state index contributed by atoms with van der Waals surface area (Å²) in [5.41, 5.74) is 9.86. The van der Waals surface area contributed by atoms with Crippen molar-refractivity contribution in [3.05, 3.63) is 0 Å². The van der Waals surface area contributed by atoms with Gasteiger partial charge in [0.05, 0.1) is 12.6 Å². The number of nitrogens with two attached hydrogens (primary N) is 2. The Hall–Kier alpha value is -1.14. The largest absolute Gasteiger partial charge is 0.368 e. The summed E-state index contributed by atoms with van der Waals surface area (Å²) in [7, 11) is 0. The predicted octanol–water partition coefficient (Wildman–Crippen LogP) is -1.22. The van der Waals surface area contributed by atoms with Crippen LogP contribution in [0.15, 0.2) is 0 Å². The lowest BCUT2D eigenvalue weighted by Gasteiger charge is -2.33. The van der Waals surface area contributed by atoms with E-state index in [0.717, 1.165) is 0 Å². The van der Waals surface area contributed by atoms with Crippen LogP contribution in [0.2, 0.25) is 0 Å². The summed E-state index contributed by atoms with van der Waals surface area (Å²) in [5.74, 6) is -0.907. The Morgan fingerprint density at radius 2 is 2.07 bits per heavy atom. The Balaban J connectivity index is 2.97. The molecule has 4 N–H and O–H groups in total. The molecule has 2 amide bonds. The molecule has 1 aliphatic rings. The SMILES string of the molecule is C[C@H](N)C(=O)N1C(C(N)=O)COC1(C)C. The van der Waals surface area contributed by atoms with Gasteiger partial charge in [0, 0.05) is 0 Å². The van der Waals surface area contributed by atoms with Gasteiger partial charge < -0.3 is 16.2 Å². The first-order valence-electron chi connectivity index (χ1n) is 4.79. The van der Waals surface area contributed by atoms with Gasteiger partial charge in [0.25, 0.3) is 0 Å². The Labute approximate surface area is 88.5 Å². The highest BCUT2D eigenvalue weighted by molar-refractivity contribution is 5.89. The van der Waals surface area contributed by atoms with E-state index in [2.05, 4.69) is 0 Å². The van der Waals surface area contributed by atoms with E-state index in [4.69, 9.17) is 16.2 Å². The Morgan fingerprint density at radius 3 is 2.47 bits per heavy atom. The number of hydrogen-bond donors (Lipinski definition) is 2. The normalized spacial score (nSPS) is 26.4. The third-order valence-corrected chi connectivity index (χ3v) is 2.44. The number of carbonyl (C=O) groups is 2. The van der Waals surface area contributed by atoms with Crippen molar-refractivity contribution in [1.82, 2.24) is 4.90 Å². The molecule has 1 saturated heterocycles. The number of ether oxygens (including phenoxy) is 1. The van der Waals surface area contributed by atoms with Crippen LogP contribution < -0.4 is 11.5 Å². The van der Waals surface area contributed by atoms with E-state index < -0.39 is 23.7 Å². The van der Waals surface area contributed by atoms with E-state index in [0.29, 0.717) is 0 Å². The van der Waals surface area contributed by atoms with Crippen molar-refractivity contribution < 1.29 is 14.3 Å². The minimum atomic E-state index is -0.829. The van der Waals surface area contributed by atoms with Crippen molar-refractivity contribution in [2.24, 2.45) is 11.5 Å². The van der Waals surface area contributed by atoms with Crippen LogP contribution in [0.1, 0.15) is 20.8 Å². The summed E-state index contributed by atoms with van der Waals surface area (Å²) in [6.07, 6.45) is 0. The van der Waals surface area contributed by atoms with E-state index in [1.165, 1.54) is 4.90 Å². The zero-order chi connectivity index (χ0) is 11.8. The van der Waals surface area contributed by atoms with Crippen LogP contribution in [-0.4, -0.2) is 41.1 Å². The summed E-state index contributed by atoms with van der Waals surface area (Å²) in [4.78, 5) is 24.2. The zero-order valence-corrected chi connectivity index (χ0v) is 9.19. The highest BCUT2D eigenvalue weighted by Crippen LogP contribution is 2.27. The summed E-state index contributed by atoms with van der Waals surface area (Å²) >= 11 is 0. The topological polar surface area (TPSA) is 98.7 Å². The molecule has 1 heterocycles. The molecule has 2 atom stereocenters. The third-order valence-electron chi connectivity index (χ3n) is 2.44. The molecule has 0 aromatic carbocycles. The van der Waals surface area contributed by atoms with Crippen molar-refractivity contribution in [3.63, 3.8) is 0 Å². The third kappa shape index (κ3) is 2.10. The van der Waals surface area contributed by atoms with Crippen LogP contribution in [0.4, 0.5) is 0 Å². The Morgan fingerprint density at radius 1 is 1.53 bits per heavy atom. The molecule has 1 rings (SSSR count). The number of rotatable bonds is 2. The van der Waals surface area contributed by atoms with Gasteiger partial charge in [0.2, 0.25) is 11.8 Å². The van der Waals surface area contributed by atoms with Crippen LogP contribution in [0.5, 0.6) is 0 Å². The fraction of sp³-hybridized carbons (Fsp3) is 0.778. The average Bonchev–Trinajstić information content (AvgIpc) is 2.39. The molecule has 0 aromatic rings. The monoisotopic (exact) mass is 215 g/mol. The molecule has 15 heavy (non-hydrogen) atoms. The number of carbonyl (C=O) groups excluding carboxylic acids is 2. The first-order valence-corrected chi connectivity index (χ1v) is 4.79. The van der Waals surface area contributed by atoms with Gasteiger partial charge in [0.15, 0.2) is 0 Å². The first-order chi connectivity index (χ1) is 6.77. The maximum Gasteiger partial charge on any atom is 0.242 e. The summed E-state index contributed by atoms with van der Waals surface area (Å²) in [6.45, 7) is 5.10. The van der Waals surface area contributed by atoms with Crippen molar-refractivity contribution in [3.8, 4) is 0 Å². The molecule has 86 valence electrons. The molecule has 0 aliphatic carbocycles. The number of hydrogen-bond acceptors (Lipinski definition) is 4. The van der Waals surface area contributed by atoms with E-state index in [1.54, 1.807) is 20.8 Å². The predicted molar refractivity (Wildman–Crippen MR) is 53.5 cm³/mol. The fourth-order valence-electron chi connectivity index (χ4n) is 1.65. The summed E-state index contributed by atoms with van der Waals surface area (Å²) in [6, 6.07) is -1.40. The lowest BCUT2D eigenvalue weighted by Crippen LogP contribution is -2.56. The number of primary amides is 1. The second-order valence-electron chi connectivity index (χ2n) is 4.17. The lowest BCUT2D eigenvalue weighted by atomic mass is 10.1. The molecule has 6 nitrogen and oxygen atoms in total. The second kappa shape index (κ2) is 3.79. The lowest BCUT2D eigenvalue weighted by molar-refractivity contribution is -0.150. The summed E-state index contributed by atoms with van der Waals surface area (Å²) in [5, 5.41) is 0. The molecular weight excluding hydrogens is 198 g/mol. The molecule has 1 fully saturated rings. The highest BCUT2D eigenvalue weighted by Gasteiger charge is 2.46. The minimum Gasteiger partial charge on any atom is -0.368 e. The maximum absolute atomic E-state index is 11.8. The van der Waals surface area contributed by atoms with Crippen molar-refractivity contribution >= 4 is 11.8 Å². The number of nitrogens with zero attached hydrogens (tertiary/aromatic N) is 1. The van der Waals surface area contributed by atoms with Crippen LogP contribution in [0, 0.1) is 0 Å². The second-order valence-corrected chi connectivity index (χ2v) is 4.17. The Bertz CT molecular complexity index is 288. The summed E-state index contributed by atoms with van der Waals surface area (Å²) < 4.78 is 5.35. The van der Waals surface area contributed by atoms with Crippen LogP contribution in [0.25, 0.3) is 0 Å². The molecule has 0 radical (unpaired) electrons. The van der Waals surface area contributed by atoms with E-state index in [-0.39, 0.29) is 12.5 Å². The molecular formula is C9H17N3O3. The van der Waals surface area contributed by atoms with Crippen molar-refractivity contribution in [2.45, 2.75) is 38.6 Å². The van der Waals surface area contributed by atoms with Gasteiger partial charge in [-0.3, -0.25) is 14.5 Å². The molecule has 1 unspecified atom stereocenters. The Kier molecular flexibility index (Phi) is 3.01. The average molecular weight is 215 g/mol. The number of amides is 2. The standard InChI is InChI=1S/C9H17N3O3/c1-5(10)8(14)12-6(7(11)13)4-15-9(12,2)3/h5-6H,4,10H2,1-3H3,(H2,11,13)/t5-,6?/m0/s1. The van der Waals surface area contributed by atoms with Gasteiger partial charge in [-0.1, -0.05) is 0 Å². The van der Waals surface area contributed by atoms with Crippen molar-refractivity contribution in [1.29, 1.82) is 0 Å². The maximum atomic E-state index is 11.8. The molecule has 0 spiro atoms. The van der Waals surface area contributed by atoms with Crippen molar-refractivity contribution in [2.75, 3.05) is 6.61 Å². The first kappa shape index (κ1) is 11.9. The van der Waals surface area contributed by atoms with Gasteiger partial charge in [-0.15, -0.1) is 0 Å². The van der Waals surface area contributed by atoms with Gasteiger partial charge >= 0.3 is 0 Å². The van der Waals surface area contributed by atoms with Gasteiger partial charge in [-0.25, -0.2) is 0 Å². The van der Waals surface area contributed by atoms with E-state index >= 15 is 0 Å². The van der Waals surface area contributed by atoms with Crippen LogP contribution >= 0.6 is 0 Å². The molecule has 6 heteroatoms. The van der Waals surface area contributed by atoms with E-state index in [9.17, 15) is 9.59 Å². The fourth-order valence-corrected chi connectivity index (χ4v) is 1.65. The molecule has 0 aromatic heterocycles. The molecule has 0 saturated carbocycles. The molecule has 0 bridgehead atoms. The van der Waals surface area contributed by atoms with Gasteiger partial charge in [0.1, 0.15) is 11.8 Å².